The summed E-state index contributed by atoms with van der Waals surface area (Å²) in [5, 5.41) is 22.6. The molecule has 1 aromatic carbocycles. The Labute approximate surface area is 328 Å². The number of carbonyl (C=O) groups is 4. The molecule has 294 valence electrons. The molecular formula is C39H55ClN8O5S. The highest BCUT2D eigenvalue weighted by Crippen LogP contribution is 2.30. The Bertz CT molecular complexity index is 1700. The van der Waals surface area contributed by atoms with Gasteiger partial charge in [0.2, 0.25) is 17.7 Å². The van der Waals surface area contributed by atoms with Crippen LogP contribution in [0, 0.1) is 12.3 Å². The van der Waals surface area contributed by atoms with Crippen LogP contribution in [-0.4, -0.2) is 108 Å². The largest absolute Gasteiger partial charge is 0.391 e. The number of rotatable bonds is 16. The van der Waals surface area contributed by atoms with E-state index in [1.807, 2.05) is 30.6 Å². The second-order valence-electron chi connectivity index (χ2n) is 14.6. The van der Waals surface area contributed by atoms with Gasteiger partial charge in [-0.15, -0.1) is 23.7 Å². The van der Waals surface area contributed by atoms with Crippen molar-refractivity contribution in [3.05, 3.63) is 65.1 Å². The Morgan fingerprint density at radius 1 is 1.00 bits per heavy atom. The van der Waals surface area contributed by atoms with Gasteiger partial charge >= 0.3 is 0 Å². The maximum absolute atomic E-state index is 13.8. The second kappa shape index (κ2) is 20.0. The van der Waals surface area contributed by atoms with Crippen molar-refractivity contribution in [2.45, 2.75) is 84.4 Å². The van der Waals surface area contributed by atoms with Gasteiger partial charge < -0.3 is 36.2 Å². The number of aryl methyl sites for hydroxylation is 1. The Balaban J connectivity index is 0.00000650. The van der Waals surface area contributed by atoms with Gasteiger partial charge in [0.25, 0.3) is 5.91 Å². The average molecular weight is 783 g/mol. The summed E-state index contributed by atoms with van der Waals surface area (Å²) in [5.74, 6) is -0.970. The van der Waals surface area contributed by atoms with Crippen molar-refractivity contribution < 1.29 is 24.3 Å². The van der Waals surface area contributed by atoms with Crippen LogP contribution in [0.3, 0.4) is 0 Å². The van der Waals surface area contributed by atoms with E-state index in [-0.39, 0.29) is 49.0 Å². The molecule has 2 saturated heterocycles. The van der Waals surface area contributed by atoms with E-state index in [1.54, 1.807) is 44.4 Å². The number of anilines is 1. The molecule has 0 aliphatic carbocycles. The number of β-amino-alcohol motifs (C(OH)–C–C–N with tert-alkyl or cyclic N) is 1. The van der Waals surface area contributed by atoms with Gasteiger partial charge in [-0.2, -0.15) is 0 Å². The van der Waals surface area contributed by atoms with Crippen molar-refractivity contribution in [3.8, 4) is 10.4 Å². The summed E-state index contributed by atoms with van der Waals surface area (Å²) in [6.07, 6.45) is 4.13. The lowest BCUT2D eigenvalue weighted by Crippen LogP contribution is -2.55. The molecule has 3 aromatic rings. The number of aliphatic hydroxyl groups is 1. The number of nitrogens with one attached hydrogen (secondary N) is 4. The summed E-state index contributed by atoms with van der Waals surface area (Å²) in [7, 11) is 0. The van der Waals surface area contributed by atoms with Crippen molar-refractivity contribution in [2.24, 2.45) is 5.41 Å². The number of thiazole rings is 1. The number of piperazine rings is 1. The van der Waals surface area contributed by atoms with E-state index in [0.717, 1.165) is 66.4 Å². The molecule has 2 aromatic heterocycles. The Morgan fingerprint density at radius 2 is 1.74 bits per heavy atom. The highest BCUT2D eigenvalue weighted by Gasteiger charge is 2.46. The first-order valence-electron chi connectivity index (χ1n) is 18.7. The summed E-state index contributed by atoms with van der Waals surface area (Å²) in [6, 6.07) is 10.6. The molecular weight excluding hydrogens is 728 g/mol. The molecule has 5 rings (SSSR count). The van der Waals surface area contributed by atoms with Gasteiger partial charge in [0.05, 0.1) is 39.5 Å². The van der Waals surface area contributed by atoms with Crippen molar-refractivity contribution in [2.75, 3.05) is 50.7 Å². The summed E-state index contributed by atoms with van der Waals surface area (Å²) in [6.45, 7) is 11.9. The van der Waals surface area contributed by atoms with E-state index in [1.165, 1.54) is 4.90 Å². The number of nitrogens with zero attached hydrogens (tertiary/aromatic N) is 4. The quantitative estimate of drug-likeness (QED) is 0.137. The van der Waals surface area contributed by atoms with E-state index in [9.17, 15) is 24.3 Å². The fourth-order valence-electron chi connectivity index (χ4n) is 6.70. The number of halogens is 1. The van der Waals surface area contributed by atoms with E-state index >= 15 is 0 Å². The van der Waals surface area contributed by atoms with Gasteiger partial charge in [-0.25, -0.2) is 9.97 Å². The van der Waals surface area contributed by atoms with E-state index < -0.39 is 23.6 Å². The predicted octanol–water partition coefficient (Wildman–Crippen LogP) is 3.49. The van der Waals surface area contributed by atoms with Crippen LogP contribution < -0.4 is 26.2 Å². The fourth-order valence-corrected chi connectivity index (χ4v) is 7.51. The maximum atomic E-state index is 13.8. The maximum Gasteiger partial charge on any atom is 0.269 e. The Hall–Kier alpha value is -4.11. The van der Waals surface area contributed by atoms with Crippen molar-refractivity contribution in [1.29, 1.82) is 0 Å². The number of likely N-dealkylation sites (tertiary alicyclic amines) is 1. The van der Waals surface area contributed by atoms with Crippen LogP contribution in [0.2, 0.25) is 0 Å². The van der Waals surface area contributed by atoms with Crippen LogP contribution in [0.15, 0.2) is 48.1 Å². The second-order valence-corrected chi connectivity index (χ2v) is 15.4. The summed E-state index contributed by atoms with van der Waals surface area (Å²) in [4.78, 5) is 65.9. The zero-order valence-electron chi connectivity index (χ0n) is 31.7. The molecule has 5 N–H and O–H groups in total. The minimum Gasteiger partial charge on any atom is -0.391 e. The Morgan fingerprint density at radius 3 is 2.41 bits per heavy atom. The van der Waals surface area contributed by atoms with Gasteiger partial charge in [-0.1, -0.05) is 30.7 Å². The average Bonchev–Trinajstić information content (AvgIpc) is 3.78. The van der Waals surface area contributed by atoms with E-state index in [4.69, 9.17) is 0 Å². The molecule has 3 atom stereocenters. The zero-order valence-corrected chi connectivity index (χ0v) is 33.4. The van der Waals surface area contributed by atoms with Gasteiger partial charge in [0.15, 0.2) is 0 Å². The molecule has 2 aliphatic rings. The number of hydrogen-bond acceptors (Lipinski definition) is 10. The molecule has 4 amide bonds. The summed E-state index contributed by atoms with van der Waals surface area (Å²) < 4.78 is 0. The van der Waals surface area contributed by atoms with Gasteiger partial charge in [0, 0.05) is 64.7 Å². The highest BCUT2D eigenvalue weighted by molar-refractivity contribution is 7.13. The third-order valence-electron chi connectivity index (χ3n) is 10.4. The smallest absolute Gasteiger partial charge is 0.269 e. The van der Waals surface area contributed by atoms with E-state index in [2.05, 4.69) is 48.3 Å². The van der Waals surface area contributed by atoms with Crippen LogP contribution >= 0.6 is 23.7 Å². The molecule has 0 saturated carbocycles. The topological polar surface area (TPSA) is 169 Å². The van der Waals surface area contributed by atoms with Gasteiger partial charge in [-0.3, -0.25) is 19.2 Å². The molecule has 15 heteroatoms. The SMILES string of the molecule is Cc1ncsc1-c1ccc(CCNC(=O)[C@@H]2C[C@@H](O)CN2C(=O)C(C)(C)[C@H](C)NC(=O)CCCCCNC(=O)c2ccc(N3CCNCC3)cn2)cc1.Cl. The van der Waals surface area contributed by atoms with Crippen LogP contribution in [-0.2, 0) is 20.8 Å². The lowest BCUT2D eigenvalue weighted by Gasteiger charge is -2.36. The first kappa shape index (κ1) is 42.6. The van der Waals surface area contributed by atoms with Crippen LogP contribution in [0.4, 0.5) is 5.69 Å². The molecule has 54 heavy (non-hydrogen) atoms. The predicted molar refractivity (Wildman–Crippen MR) is 214 cm³/mol. The summed E-state index contributed by atoms with van der Waals surface area (Å²) in [5.41, 5.74) is 5.40. The van der Waals surface area contributed by atoms with Crippen LogP contribution in [0.5, 0.6) is 0 Å². The fraction of sp³-hybridized carbons (Fsp3) is 0.538. The molecule has 13 nitrogen and oxygen atoms in total. The number of aliphatic hydroxyl groups excluding tert-OH is 1. The molecule has 4 heterocycles. The number of carbonyl (C=O) groups excluding carboxylic acids is 4. The number of aromatic nitrogens is 2. The third-order valence-corrected chi connectivity index (χ3v) is 11.3. The molecule has 2 fully saturated rings. The number of benzene rings is 1. The monoisotopic (exact) mass is 782 g/mol. The van der Waals surface area contributed by atoms with Crippen LogP contribution in [0.1, 0.15) is 74.6 Å². The molecule has 0 unspecified atom stereocenters. The van der Waals surface area contributed by atoms with Crippen LogP contribution in [0.25, 0.3) is 10.4 Å². The zero-order chi connectivity index (χ0) is 38.0. The first-order valence-corrected chi connectivity index (χ1v) is 19.6. The van der Waals surface area contributed by atoms with Crippen molar-refractivity contribution >= 4 is 53.1 Å². The highest BCUT2D eigenvalue weighted by atomic mass is 35.5. The first-order chi connectivity index (χ1) is 25.4. The molecule has 0 spiro atoms. The molecule has 0 radical (unpaired) electrons. The van der Waals surface area contributed by atoms with Crippen molar-refractivity contribution in [3.63, 3.8) is 0 Å². The normalized spacial score (nSPS) is 17.7. The third kappa shape index (κ3) is 11.2. The lowest BCUT2D eigenvalue weighted by molar-refractivity contribution is -0.147. The number of hydrogen-bond donors (Lipinski definition) is 5. The van der Waals surface area contributed by atoms with Gasteiger partial charge in [0.1, 0.15) is 11.7 Å². The standard InChI is InChI=1S/C39H54N8O5S.ClH/c1-26-35(53-25-44-26)29-11-9-28(10-12-29)15-17-42-37(51)33-22-31(48)24-47(33)38(52)39(3,4)27(2)45-34(49)8-6-5-7-16-41-36(50)32-14-13-30(23-43-32)46-20-18-40-19-21-46;/h9-14,23,25,27,31,33,40,48H,5-8,15-22,24H2,1-4H3,(H,41,50)(H,42,51)(H,45,49);1H/t27-,31+,33-;/m0./s1. The number of amides is 4. The minimum absolute atomic E-state index is 0. The Kier molecular flexibility index (Phi) is 15.8. The summed E-state index contributed by atoms with van der Waals surface area (Å²) >= 11 is 1.61. The number of unbranched alkanes of at least 4 members (excludes halogenated alkanes) is 2. The van der Waals surface area contributed by atoms with Gasteiger partial charge in [-0.05, 0) is 70.2 Å². The van der Waals surface area contributed by atoms with Crippen molar-refractivity contribution in [1.82, 2.24) is 36.1 Å². The molecule has 2 aliphatic heterocycles. The lowest BCUT2D eigenvalue weighted by atomic mass is 9.83. The minimum atomic E-state index is -1.02. The van der Waals surface area contributed by atoms with E-state index in [0.29, 0.717) is 38.0 Å². The number of pyridine rings is 1. The molecule has 0 bridgehead atoms.